The Bertz CT molecular complexity index is 2610. The lowest BCUT2D eigenvalue weighted by Crippen LogP contribution is -2.21. The highest BCUT2D eigenvalue weighted by Crippen LogP contribution is 2.49. The summed E-state index contributed by atoms with van der Waals surface area (Å²) < 4.78 is 2.43. The van der Waals surface area contributed by atoms with E-state index in [0.717, 1.165) is 34.9 Å². The van der Waals surface area contributed by atoms with Crippen molar-refractivity contribution in [2.24, 2.45) is 0 Å². The molecule has 8 aromatic carbocycles. The Balaban J connectivity index is 1.10. The van der Waals surface area contributed by atoms with Crippen LogP contribution in [0.2, 0.25) is 0 Å². The lowest BCUT2D eigenvalue weighted by atomic mass is 9.96. The van der Waals surface area contributed by atoms with E-state index in [1.165, 1.54) is 55.8 Å². The fourth-order valence-electron chi connectivity index (χ4n) is 8.05. The van der Waals surface area contributed by atoms with Crippen LogP contribution in [0.3, 0.4) is 0 Å². The molecule has 0 aliphatic carbocycles. The van der Waals surface area contributed by atoms with E-state index in [9.17, 15) is 0 Å². The van der Waals surface area contributed by atoms with Gasteiger partial charge in [0.05, 0.1) is 11.2 Å². The maximum Gasteiger partial charge on any atom is 0.127 e. The molecule has 0 atom stereocenters. The normalized spacial score (nSPS) is 12.0. The summed E-state index contributed by atoms with van der Waals surface area (Å²) >= 11 is 0. The first-order valence-electron chi connectivity index (χ1n) is 18.6. The highest BCUT2D eigenvalue weighted by Gasteiger charge is 2.31. The summed E-state index contributed by atoms with van der Waals surface area (Å²) in [5, 5.41) is 1.29. The maximum absolute atomic E-state index is 2.46. The average Bonchev–Trinajstić information content (AvgIpc) is 3.58. The molecule has 0 saturated carbocycles. The number of anilines is 6. The summed E-state index contributed by atoms with van der Waals surface area (Å²) in [5.41, 5.74) is 15.5. The van der Waals surface area contributed by atoms with Crippen molar-refractivity contribution in [1.82, 2.24) is 4.57 Å². The quantitative estimate of drug-likeness (QED) is 0.165. The number of nitrogens with zero attached hydrogens (tertiary/aromatic N) is 3. The Morgan fingerprint density at radius 1 is 0.370 bits per heavy atom. The molecule has 1 aliphatic heterocycles. The molecule has 1 aliphatic rings. The van der Waals surface area contributed by atoms with Crippen LogP contribution in [0.15, 0.2) is 212 Å². The van der Waals surface area contributed by atoms with Crippen LogP contribution in [0.1, 0.15) is 11.1 Å². The van der Waals surface area contributed by atoms with E-state index >= 15 is 0 Å². The third kappa shape index (κ3) is 5.55. The summed E-state index contributed by atoms with van der Waals surface area (Å²) in [6.07, 6.45) is 0.881. The van der Waals surface area contributed by atoms with E-state index in [-0.39, 0.29) is 0 Å². The predicted octanol–water partition coefficient (Wildman–Crippen LogP) is 13.8. The van der Waals surface area contributed by atoms with E-state index in [0.29, 0.717) is 0 Å². The monoisotopic (exact) mass is 691 g/mol. The van der Waals surface area contributed by atoms with Gasteiger partial charge in [-0.1, -0.05) is 140 Å². The fraction of sp³-hybridized carbons (Fsp3) is 0.0196. The first kappa shape index (κ1) is 31.6. The van der Waals surface area contributed by atoms with Crippen molar-refractivity contribution in [2.75, 3.05) is 9.80 Å². The fourth-order valence-corrected chi connectivity index (χ4v) is 8.05. The van der Waals surface area contributed by atoms with Crippen molar-refractivity contribution < 1.29 is 0 Å². The number of hydrogen-bond donors (Lipinski definition) is 0. The molecule has 10 rings (SSSR count). The summed E-state index contributed by atoms with van der Waals surface area (Å²) in [4.78, 5) is 4.81. The van der Waals surface area contributed by atoms with Crippen molar-refractivity contribution >= 4 is 45.2 Å². The second-order valence-corrected chi connectivity index (χ2v) is 13.8. The zero-order valence-corrected chi connectivity index (χ0v) is 29.8. The number of aromatic nitrogens is 1. The van der Waals surface area contributed by atoms with E-state index in [1.54, 1.807) is 0 Å². The first-order valence-corrected chi connectivity index (χ1v) is 18.6. The molecule has 3 heteroatoms. The number of para-hydroxylation sites is 3. The second-order valence-electron chi connectivity index (χ2n) is 13.8. The lowest BCUT2D eigenvalue weighted by molar-refractivity contribution is 1.01. The SMILES string of the molecule is c1ccc(-c2ccc(N(c3ccc(-c4ccccc4)cc3)c3ccc(N4c5ccccc5Cc5c4n(-c4ccccc4)c4ccccc54)cc3)cc2)cc1. The Kier molecular flexibility index (Phi) is 7.88. The Morgan fingerprint density at radius 3 is 1.43 bits per heavy atom. The minimum atomic E-state index is 0.881. The van der Waals surface area contributed by atoms with Gasteiger partial charge >= 0.3 is 0 Å². The molecule has 2 heterocycles. The van der Waals surface area contributed by atoms with Crippen LogP contribution >= 0.6 is 0 Å². The van der Waals surface area contributed by atoms with Crippen molar-refractivity contribution in [1.29, 1.82) is 0 Å². The number of fused-ring (bicyclic) bond motifs is 4. The zero-order chi connectivity index (χ0) is 35.8. The van der Waals surface area contributed by atoms with Gasteiger partial charge < -0.3 is 4.90 Å². The van der Waals surface area contributed by atoms with Crippen LogP contribution in [0.5, 0.6) is 0 Å². The maximum atomic E-state index is 2.46. The third-order valence-electron chi connectivity index (χ3n) is 10.6. The van der Waals surface area contributed by atoms with Gasteiger partial charge in [-0.3, -0.25) is 9.47 Å². The summed E-state index contributed by atoms with van der Waals surface area (Å²) in [5.74, 6) is 1.19. The Labute approximate surface area is 316 Å². The molecular formula is C51H37N3. The predicted molar refractivity (Wildman–Crippen MR) is 226 cm³/mol. The molecule has 0 N–H and O–H groups in total. The molecular weight excluding hydrogens is 655 g/mol. The number of benzene rings is 8. The average molecular weight is 692 g/mol. The smallest absolute Gasteiger partial charge is 0.127 e. The minimum Gasteiger partial charge on any atom is -0.311 e. The van der Waals surface area contributed by atoms with E-state index in [2.05, 4.69) is 227 Å². The largest absolute Gasteiger partial charge is 0.311 e. The minimum absolute atomic E-state index is 0.881. The molecule has 256 valence electrons. The topological polar surface area (TPSA) is 11.4 Å². The highest BCUT2D eigenvalue weighted by molar-refractivity contribution is 5.98. The van der Waals surface area contributed by atoms with Crippen LogP contribution in [0, 0.1) is 0 Å². The molecule has 0 spiro atoms. The highest BCUT2D eigenvalue weighted by atomic mass is 15.3. The van der Waals surface area contributed by atoms with E-state index < -0.39 is 0 Å². The van der Waals surface area contributed by atoms with Crippen molar-refractivity contribution in [2.45, 2.75) is 6.42 Å². The molecule has 0 amide bonds. The second kappa shape index (κ2) is 13.5. The Morgan fingerprint density at radius 2 is 0.833 bits per heavy atom. The van der Waals surface area contributed by atoms with Crippen LogP contribution in [-0.2, 0) is 6.42 Å². The number of hydrogen-bond acceptors (Lipinski definition) is 2. The summed E-state index contributed by atoms with van der Waals surface area (Å²) in [6, 6.07) is 76.4. The van der Waals surface area contributed by atoms with Crippen LogP contribution < -0.4 is 9.80 Å². The van der Waals surface area contributed by atoms with Gasteiger partial charge in [-0.2, -0.15) is 0 Å². The van der Waals surface area contributed by atoms with Gasteiger partial charge in [-0.15, -0.1) is 0 Å². The molecule has 0 radical (unpaired) electrons. The summed E-state index contributed by atoms with van der Waals surface area (Å²) in [6.45, 7) is 0. The number of rotatable bonds is 7. The zero-order valence-electron chi connectivity index (χ0n) is 29.8. The lowest BCUT2D eigenvalue weighted by Gasteiger charge is -2.34. The van der Waals surface area contributed by atoms with E-state index in [4.69, 9.17) is 0 Å². The van der Waals surface area contributed by atoms with Gasteiger partial charge in [0.2, 0.25) is 0 Å². The molecule has 1 aromatic heterocycles. The molecule has 3 nitrogen and oxygen atoms in total. The van der Waals surface area contributed by atoms with Gasteiger partial charge in [0.1, 0.15) is 5.82 Å². The molecule has 54 heavy (non-hydrogen) atoms. The van der Waals surface area contributed by atoms with Gasteiger partial charge in [0, 0.05) is 45.8 Å². The molecule has 9 aromatic rings. The molecule has 0 unspecified atom stereocenters. The van der Waals surface area contributed by atoms with E-state index in [1.807, 2.05) is 0 Å². The van der Waals surface area contributed by atoms with Crippen LogP contribution in [-0.4, -0.2) is 4.57 Å². The Hall–Kier alpha value is -7.10. The van der Waals surface area contributed by atoms with Gasteiger partial charge in [0.15, 0.2) is 0 Å². The van der Waals surface area contributed by atoms with Gasteiger partial charge in [-0.05, 0) is 101 Å². The van der Waals surface area contributed by atoms with Crippen molar-refractivity contribution in [3.63, 3.8) is 0 Å². The van der Waals surface area contributed by atoms with Crippen LogP contribution in [0.25, 0.3) is 38.8 Å². The molecule has 0 fully saturated rings. The molecule has 0 saturated heterocycles. The third-order valence-corrected chi connectivity index (χ3v) is 10.6. The van der Waals surface area contributed by atoms with Crippen molar-refractivity contribution in [3.8, 4) is 27.9 Å². The van der Waals surface area contributed by atoms with Crippen molar-refractivity contribution in [3.05, 3.63) is 223 Å². The standard InChI is InChI=1S/C51H37N3/c1-4-14-37(15-5-1)39-24-28-43(29-25-39)52(44-30-26-40(27-31-44)38-16-6-2-7-17-38)45-32-34-46(35-33-45)53-49-22-12-10-18-41(49)36-48-47-21-11-13-23-50(47)54(51(48)53)42-19-8-3-9-20-42/h1-35H,36H2. The first-order chi connectivity index (χ1) is 26.8. The van der Waals surface area contributed by atoms with Crippen LogP contribution in [0.4, 0.5) is 34.3 Å². The molecule has 0 bridgehead atoms. The van der Waals surface area contributed by atoms with Gasteiger partial charge in [-0.25, -0.2) is 0 Å². The summed E-state index contributed by atoms with van der Waals surface area (Å²) in [7, 11) is 0. The van der Waals surface area contributed by atoms with Gasteiger partial charge in [0.25, 0.3) is 0 Å².